The zero-order valence-electron chi connectivity index (χ0n) is 29.0. The van der Waals surface area contributed by atoms with E-state index < -0.39 is 66.0 Å². The third-order valence-corrected chi connectivity index (χ3v) is 9.39. The maximum atomic E-state index is 14.3. The first kappa shape index (κ1) is 39.4. The topological polar surface area (TPSA) is 186 Å². The Morgan fingerprint density at radius 3 is 2.07 bits per heavy atom. The predicted molar refractivity (Wildman–Crippen MR) is 177 cm³/mol. The van der Waals surface area contributed by atoms with Crippen LogP contribution in [0.5, 0.6) is 0 Å². The van der Waals surface area contributed by atoms with Crippen molar-refractivity contribution in [2.45, 2.75) is 148 Å². The van der Waals surface area contributed by atoms with Crippen LogP contribution in [0.3, 0.4) is 0 Å². The molecule has 0 aromatic heterocycles. The maximum absolute atomic E-state index is 14.3. The smallest absolute Gasteiger partial charge is 0.245 e. The highest BCUT2D eigenvalue weighted by Crippen LogP contribution is 2.27. The summed E-state index contributed by atoms with van der Waals surface area (Å²) >= 11 is 0. The van der Waals surface area contributed by atoms with E-state index in [9.17, 15) is 29.1 Å². The molecule has 1 aliphatic carbocycles. The summed E-state index contributed by atoms with van der Waals surface area (Å²) in [5.74, 6) is -2.58. The van der Waals surface area contributed by atoms with Crippen LogP contribution in [-0.2, 0) is 24.0 Å². The second kappa shape index (κ2) is 19.8. The molecule has 5 amide bonds. The lowest BCUT2D eigenvalue weighted by atomic mass is 9.83. The molecule has 13 heteroatoms. The van der Waals surface area contributed by atoms with Gasteiger partial charge in [-0.1, -0.05) is 59.3 Å². The summed E-state index contributed by atoms with van der Waals surface area (Å²) in [6, 6.07) is -5.19. The summed E-state index contributed by atoms with van der Waals surface area (Å²) in [5, 5.41) is 21.6. The van der Waals surface area contributed by atoms with Crippen molar-refractivity contribution in [1.29, 1.82) is 0 Å². The number of nitrogens with two attached hydrogens (primary N) is 1. The number of amides is 5. The summed E-state index contributed by atoms with van der Waals surface area (Å²) in [5.41, 5.74) is 5.91. The molecule has 1 saturated carbocycles. The second-order valence-electron chi connectivity index (χ2n) is 13.2. The standard InChI is InChI=1S/C33H61N7O6/c1-7-10-17-26-33(46)39(6)25(9-3)30(43)38-28(23-15-13-12-14-16-23)32(45)36-24(19-34)29(42)37-27(22(5)41)31(44)35-21(4)20-40(26)18-11-8-2/h21-28,41H,7-20,34H2,1-6H3,(H,35,44)(H,36,45)(H,37,42)(H,38,43)/t21-,22+,24+,25+,26+,27+,28+/m1/s1. The van der Waals surface area contributed by atoms with E-state index in [1.54, 1.807) is 7.05 Å². The number of rotatable bonds is 10. The van der Waals surface area contributed by atoms with Crippen LogP contribution in [0.15, 0.2) is 0 Å². The van der Waals surface area contributed by atoms with Crippen LogP contribution in [0.25, 0.3) is 0 Å². The second-order valence-corrected chi connectivity index (χ2v) is 13.2. The quantitative estimate of drug-likeness (QED) is 0.200. The molecule has 2 aliphatic rings. The normalized spacial score (nSPS) is 29.7. The number of hydrogen-bond acceptors (Lipinski definition) is 8. The Bertz CT molecular complexity index is 1000. The molecule has 1 aliphatic heterocycles. The Morgan fingerprint density at radius 2 is 1.50 bits per heavy atom. The third kappa shape index (κ3) is 11.2. The third-order valence-electron chi connectivity index (χ3n) is 9.39. The van der Waals surface area contributed by atoms with Gasteiger partial charge in [-0.25, -0.2) is 0 Å². The van der Waals surface area contributed by atoms with Crippen LogP contribution in [0.2, 0.25) is 0 Å². The molecule has 0 aromatic carbocycles. The molecular formula is C33H61N7O6. The number of hydrogen-bond donors (Lipinski definition) is 6. The van der Waals surface area contributed by atoms with E-state index in [4.69, 9.17) is 5.73 Å². The van der Waals surface area contributed by atoms with Crippen molar-refractivity contribution in [3.63, 3.8) is 0 Å². The van der Waals surface area contributed by atoms with Crippen molar-refractivity contribution < 1.29 is 29.1 Å². The van der Waals surface area contributed by atoms with Gasteiger partial charge in [-0.15, -0.1) is 0 Å². The van der Waals surface area contributed by atoms with Crippen LogP contribution >= 0.6 is 0 Å². The fraction of sp³-hybridized carbons (Fsp3) is 0.848. The first-order chi connectivity index (χ1) is 21.9. The molecule has 13 nitrogen and oxygen atoms in total. The number of aliphatic hydroxyl groups is 1. The van der Waals surface area contributed by atoms with Crippen LogP contribution in [-0.4, -0.2) is 113 Å². The average Bonchev–Trinajstić information content (AvgIpc) is 3.03. The zero-order valence-corrected chi connectivity index (χ0v) is 29.0. The number of nitrogens with zero attached hydrogens (tertiary/aromatic N) is 2. The maximum Gasteiger partial charge on any atom is 0.245 e. The minimum atomic E-state index is -1.30. The SMILES string of the molecule is CCCC[C@H]1C(=O)N(C)[C@@H](CC)C(=O)N[C@@H](C2CCCCC2)C(=O)N[C@@H](CN)C(=O)N[C@@H]([C@H](C)O)C(=O)N[C@H](C)CN1CCCC. The van der Waals surface area contributed by atoms with E-state index >= 15 is 0 Å². The van der Waals surface area contributed by atoms with Crippen molar-refractivity contribution in [2.75, 3.05) is 26.7 Å². The fourth-order valence-electron chi connectivity index (χ4n) is 6.62. The van der Waals surface area contributed by atoms with Crippen molar-refractivity contribution in [1.82, 2.24) is 31.1 Å². The van der Waals surface area contributed by atoms with Gasteiger partial charge in [0.2, 0.25) is 29.5 Å². The highest BCUT2D eigenvalue weighted by Gasteiger charge is 2.39. The molecule has 0 aromatic rings. The zero-order chi connectivity index (χ0) is 34.4. The van der Waals surface area contributed by atoms with E-state index in [1.807, 2.05) is 13.8 Å². The molecule has 46 heavy (non-hydrogen) atoms. The number of likely N-dealkylation sites (N-methyl/N-ethyl adjacent to an activating group) is 1. The highest BCUT2D eigenvalue weighted by molar-refractivity contribution is 5.96. The van der Waals surface area contributed by atoms with Gasteiger partial charge < -0.3 is 37.0 Å². The molecule has 0 spiro atoms. The van der Waals surface area contributed by atoms with Gasteiger partial charge in [0.1, 0.15) is 24.2 Å². The van der Waals surface area contributed by atoms with Crippen LogP contribution in [0.4, 0.5) is 0 Å². The van der Waals surface area contributed by atoms with Crippen molar-refractivity contribution in [3.8, 4) is 0 Å². The van der Waals surface area contributed by atoms with Crippen molar-refractivity contribution in [3.05, 3.63) is 0 Å². The Balaban J connectivity index is 2.60. The number of nitrogens with one attached hydrogen (secondary N) is 4. The van der Waals surface area contributed by atoms with E-state index in [1.165, 1.54) is 11.8 Å². The van der Waals surface area contributed by atoms with Gasteiger partial charge in [-0.2, -0.15) is 0 Å². The van der Waals surface area contributed by atoms with E-state index in [2.05, 4.69) is 40.0 Å². The van der Waals surface area contributed by atoms with E-state index in [0.29, 0.717) is 25.9 Å². The highest BCUT2D eigenvalue weighted by atomic mass is 16.3. The lowest BCUT2D eigenvalue weighted by Crippen LogP contribution is -2.63. The Kier molecular flexibility index (Phi) is 17.0. The van der Waals surface area contributed by atoms with Gasteiger partial charge in [-0.05, 0) is 58.4 Å². The van der Waals surface area contributed by atoms with Gasteiger partial charge in [0.15, 0.2) is 0 Å². The lowest BCUT2D eigenvalue weighted by Gasteiger charge is -2.38. The molecule has 7 N–H and O–H groups in total. The number of unbranched alkanes of at least 4 members (excludes halogenated alkanes) is 2. The van der Waals surface area contributed by atoms with Gasteiger partial charge in [-0.3, -0.25) is 28.9 Å². The fourth-order valence-corrected chi connectivity index (χ4v) is 6.62. The summed E-state index contributed by atoms with van der Waals surface area (Å²) in [6.45, 7) is 9.91. The predicted octanol–water partition coefficient (Wildman–Crippen LogP) is 0.777. The summed E-state index contributed by atoms with van der Waals surface area (Å²) in [6.07, 6.45) is 7.47. The molecule has 2 rings (SSSR count). The van der Waals surface area contributed by atoms with Gasteiger partial charge >= 0.3 is 0 Å². The van der Waals surface area contributed by atoms with Crippen LogP contribution in [0.1, 0.15) is 105 Å². The van der Waals surface area contributed by atoms with Crippen LogP contribution in [0, 0.1) is 5.92 Å². The monoisotopic (exact) mass is 651 g/mol. The Morgan fingerprint density at radius 1 is 0.848 bits per heavy atom. The molecule has 1 saturated heterocycles. The number of aliphatic hydroxyl groups excluding tert-OH is 1. The van der Waals surface area contributed by atoms with Gasteiger partial charge in [0.05, 0.1) is 12.1 Å². The molecule has 1 heterocycles. The molecule has 264 valence electrons. The summed E-state index contributed by atoms with van der Waals surface area (Å²) < 4.78 is 0. The largest absolute Gasteiger partial charge is 0.391 e. The van der Waals surface area contributed by atoms with Crippen LogP contribution < -0.4 is 27.0 Å². The van der Waals surface area contributed by atoms with E-state index in [-0.39, 0.29) is 18.4 Å². The molecule has 0 unspecified atom stereocenters. The van der Waals surface area contributed by atoms with E-state index in [0.717, 1.165) is 57.8 Å². The molecule has 0 radical (unpaired) electrons. The van der Waals surface area contributed by atoms with Crippen molar-refractivity contribution >= 4 is 29.5 Å². The molecule has 2 fully saturated rings. The Hall–Kier alpha value is -2.77. The number of carbonyl (C=O) groups is 5. The molecular weight excluding hydrogens is 590 g/mol. The average molecular weight is 652 g/mol. The lowest BCUT2D eigenvalue weighted by molar-refractivity contribution is -0.145. The summed E-state index contributed by atoms with van der Waals surface area (Å²) in [4.78, 5) is 72.2. The molecule has 0 bridgehead atoms. The molecule has 7 atom stereocenters. The number of carbonyl (C=O) groups excluding carboxylic acids is 5. The minimum Gasteiger partial charge on any atom is -0.391 e. The van der Waals surface area contributed by atoms with Crippen molar-refractivity contribution in [2.24, 2.45) is 11.7 Å². The first-order valence-corrected chi connectivity index (χ1v) is 17.5. The Labute approximate surface area is 275 Å². The first-order valence-electron chi connectivity index (χ1n) is 17.5. The summed E-state index contributed by atoms with van der Waals surface area (Å²) in [7, 11) is 1.65. The van der Waals surface area contributed by atoms with Gasteiger partial charge in [0.25, 0.3) is 0 Å². The van der Waals surface area contributed by atoms with Gasteiger partial charge in [0, 0.05) is 26.2 Å². The minimum absolute atomic E-state index is 0.150.